The van der Waals surface area contributed by atoms with E-state index in [1.54, 1.807) is 24.3 Å². The van der Waals surface area contributed by atoms with Crippen molar-refractivity contribution in [2.75, 3.05) is 13.7 Å². The molecule has 0 heterocycles. The van der Waals surface area contributed by atoms with Crippen molar-refractivity contribution in [2.24, 2.45) is 0 Å². The first-order valence-electron chi connectivity index (χ1n) is 9.31. The monoisotopic (exact) mass is 424 g/mol. The molecule has 0 radical (unpaired) electrons. The minimum absolute atomic E-state index is 0.0501. The Morgan fingerprint density at radius 1 is 1.07 bits per heavy atom. The summed E-state index contributed by atoms with van der Waals surface area (Å²) in [6.07, 6.45) is -3.35. The SMILES string of the molecule is CCCCNC(=O)NC(=O)c1cc(OCc2ccccc2)c(OC)cc1C(F)(F)F. The van der Waals surface area contributed by atoms with Gasteiger partial charge in [0.15, 0.2) is 11.5 Å². The van der Waals surface area contributed by atoms with Crippen LogP contribution in [-0.4, -0.2) is 25.6 Å². The molecule has 0 aliphatic rings. The molecule has 0 saturated heterocycles. The fourth-order valence-electron chi connectivity index (χ4n) is 2.58. The zero-order chi connectivity index (χ0) is 22.1. The largest absolute Gasteiger partial charge is 0.493 e. The summed E-state index contributed by atoms with van der Waals surface area (Å²) in [5.41, 5.74) is -1.19. The van der Waals surface area contributed by atoms with Crippen LogP contribution in [0.15, 0.2) is 42.5 Å². The van der Waals surface area contributed by atoms with E-state index in [2.05, 4.69) is 5.32 Å². The fraction of sp³-hybridized carbons (Fsp3) is 0.333. The van der Waals surface area contributed by atoms with Gasteiger partial charge in [-0.15, -0.1) is 0 Å². The van der Waals surface area contributed by atoms with E-state index in [0.29, 0.717) is 19.0 Å². The maximum absolute atomic E-state index is 13.5. The van der Waals surface area contributed by atoms with E-state index >= 15 is 0 Å². The van der Waals surface area contributed by atoms with E-state index in [4.69, 9.17) is 9.47 Å². The maximum Gasteiger partial charge on any atom is 0.417 e. The summed E-state index contributed by atoms with van der Waals surface area (Å²) in [5, 5.41) is 4.34. The number of carbonyl (C=O) groups is 2. The summed E-state index contributed by atoms with van der Waals surface area (Å²) in [4.78, 5) is 24.2. The van der Waals surface area contributed by atoms with Crippen LogP contribution in [0, 0.1) is 0 Å². The Kier molecular flexibility index (Phi) is 8.08. The summed E-state index contributed by atoms with van der Waals surface area (Å²) < 4.78 is 51.1. The number of amides is 3. The predicted octanol–water partition coefficient (Wildman–Crippen LogP) is 4.53. The van der Waals surface area contributed by atoms with Crippen LogP contribution in [0.5, 0.6) is 11.5 Å². The van der Waals surface area contributed by atoms with E-state index in [0.717, 1.165) is 18.1 Å². The second kappa shape index (κ2) is 10.5. The lowest BCUT2D eigenvalue weighted by Gasteiger charge is -2.17. The summed E-state index contributed by atoms with van der Waals surface area (Å²) in [6.45, 7) is 2.27. The normalized spacial score (nSPS) is 11.0. The van der Waals surface area contributed by atoms with Crippen molar-refractivity contribution in [1.29, 1.82) is 0 Å². The number of ether oxygens (including phenoxy) is 2. The topological polar surface area (TPSA) is 76.7 Å². The third kappa shape index (κ3) is 6.40. The van der Waals surface area contributed by atoms with Gasteiger partial charge in [0.25, 0.3) is 5.91 Å². The van der Waals surface area contributed by atoms with Crippen LogP contribution in [0.1, 0.15) is 41.3 Å². The average molecular weight is 424 g/mol. The Bertz CT molecular complexity index is 871. The first-order valence-corrected chi connectivity index (χ1v) is 9.31. The smallest absolute Gasteiger partial charge is 0.417 e. The number of alkyl halides is 3. The number of halogens is 3. The molecule has 0 bridgehead atoms. The number of benzene rings is 2. The molecule has 0 saturated carbocycles. The highest BCUT2D eigenvalue weighted by Gasteiger charge is 2.37. The lowest BCUT2D eigenvalue weighted by atomic mass is 10.0. The number of nitrogens with one attached hydrogen (secondary N) is 2. The molecule has 2 rings (SSSR count). The van der Waals surface area contributed by atoms with Crippen molar-refractivity contribution < 1.29 is 32.2 Å². The predicted molar refractivity (Wildman–Crippen MR) is 105 cm³/mol. The molecule has 3 amide bonds. The molecular formula is C21H23F3N2O4. The third-order valence-corrected chi connectivity index (χ3v) is 4.13. The Balaban J connectivity index is 2.31. The molecular weight excluding hydrogens is 401 g/mol. The molecule has 2 N–H and O–H groups in total. The molecule has 0 aromatic heterocycles. The minimum Gasteiger partial charge on any atom is -0.493 e. The van der Waals surface area contributed by atoms with Crippen molar-refractivity contribution in [3.63, 3.8) is 0 Å². The standard InChI is InChI=1S/C21H23F3N2O4/c1-3-4-10-25-20(28)26-19(27)15-11-18(30-13-14-8-6-5-7-9-14)17(29-2)12-16(15)21(22,23)24/h5-9,11-12H,3-4,10,13H2,1-2H3,(H2,25,26,27,28). The molecule has 0 atom stereocenters. The number of hydrogen-bond acceptors (Lipinski definition) is 4. The van der Waals surface area contributed by atoms with E-state index in [-0.39, 0.29) is 18.1 Å². The van der Waals surface area contributed by atoms with Crippen molar-refractivity contribution >= 4 is 11.9 Å². The van der Waals surface area contributed by atoms with Gasteiger partial charge in [-0.1, -0.05) is 43.7 Å². The summed E-state index contributed by atoms with van der Waals surface area (Å²) in [5.74, 6) is -1.42. The highest BCUT2D eigenvalue weighted by molar-refractivity contribution is 6.05. The van der Waals surface area contributed by atoms with Crippen LogP contribution in [-0.2, 0) is 12.8 Å². The van der Waals surface area contributed by atoms with Gasteiger partial charge in [0.1, 0.15) is 6.61 Å². The summed E-state index contributed by atoms with van der Waals surface area (Å²) >= 11 is 0. The Morgan fingerprint density at radius 3 is 2.37 bits per heavy atom. The van der Waals surface area contributed by atoms with Gasteiger partial charge in [-0.3, -0.25) is 10.1 Å². The van der Waals surface area contributed by atoms with Crippen molar-refractivity contribution in [2.45, 2.75) is 32.5 Å². The summed E-state index contributed by atoms with van der Waals surface area (Å²) in [7, 11) is 1.20. The van der Waals surface area contributed by atoms with E-state index < -0.39 is 29.2 Å². The van der Waals surface area contributed by atoms with Crippen LogP contribution < -0.4 is 20.1 Å². The number of rotatable bonds is 8. The number of hydrogen-bond donors (Lipinski definition) is 2. The van der Waals surface area contributed by atoms with E-state index in [9.17, 15) is 22.8 Å². The van der Waals surface area contributed by atoms with Crippen molar-refractivity contribution in [3.05, 3.63) is 59.2 Å². The maximum atomic E-state index is 13.5. The van der Waals surface area contributed by atoms with E-state index in [1.807, 2.05) is 18.3 Å². The number of imide groups is 1. The molecule has 2 aromatic rings. The van der Waals surface area contributed by atoms with Gasteiger partial charge >= 0.3 is 12.2 Å². The second-order valence-electron chi connectivity index (χ2n) is 6.38. The van der Waals surface area contributed by atoms with Gasteiger partial charge in [0.2, 0.25) is 0 Å². The molecule has 0 aliphatic heterocycles. The van der Waals surface area contributed by atoms with E-state index in [1.165, 1.54) is 7.11 Å². The molecule has 9 heteroatoms. The van der Waals surface area contributed by atoms with Crippen molar-refractivity contribution in [3.8, 4) is 11.5 Å². The summed E-state index contributed by atoms with van der Waals surface area (Å²) in [6, 6.07) is 9.70. The zero-order valence-corrected chi connectivity index (χ0v) is 16.6. The lowest BCUT2D eigenvalue weighted by Crippen LogP contribution is -2.40. The first-order chi connectivity index (χ1) is 14.3. The fourth-order valence-corrected chi connectivity index (χ4v) is 2.58. The first kappa shape index (κ1) is 23.1. The third-order valence-electron chi connectivity index (χ3n) is 4.13. The van der Waals surface area contributed by atoms with Crippen LogP contribution >= 0.6 is 0 Å². The van der Waals surface area contributed by atoms with Gasteiger partial charge in [0.05, 0.1) is 18.2 Å². The molecule has 0 aliphatic carbocycles. The molecule has 0 spiro atoms. The number of methoxy groups -OCH3 is 1. The molecule has 30 heavy (non-hydrogen) atoms. The molecule has 6 nitrogen and oxygen atoms in total. The quantitative estimate of drug-likeness (QED) is 0.611. The molecule has 2 aromatic carbocycles. The van der Waals surface area contributed by atoms with Gasteiger partial charge < -0.3 is 14.8 Å². The zero-order valence-electron chi connectivity index (χ0n) is 16.6. The lowest BCUT2D eigenvalue weighted by molar-refractivity contribution is -0.138. The van der Waals surface area contributed by atoms with Crippen LogP contribution in [0.25, 0.3) is 0 Å². The van der Waals surface area contributed by atoms with Gasteiger partial charge in [-0.25, -0.2) is 4.79 Å². The second-order valence-corrected chi connectivity index (χ2v) is 6.38. The van der Waals surface area contributed by atoms with Gasteiger partial charge in [0, 0.05) is 6.54 Å². The molecule has 0 unspecified atom stereocenters. The van der Waals surface area contributed by atoms with Gasteiger partial charge in [-0.2, -0.15) is 13.2 Å². The van der Waals surface area contributed by atoms with Gasteiger partial charge in [-0.05, 0) is 24.1 Å². The Morgan fingerprint density at radius 2 is 1.77 bits per heavy atom. The Hall–Kier alpha value is -3.23. The molecule has 0 fully saturated rings. The number of carbonyl (C=O) groups excluding carboxylic acids is 2. The molecule has 162 valence electrons. The van der Waals surface area contributed by atoms with Crippen LogP contribution in [0.3, 0.4) is 0 Å². The number of unbranched alkanes of at least 4 members (excludes halogenated alkanes) is 1. The van der Waals surface area contributed by atoms with Crippen molar-refractivity contribution in [1.82, 2.24) is 10.6 Å². The van der Waals surface area contributed by atoms with Crippen LogP contribution in [0.2, 0.25) is 0 Å². The highest BCUT2D eigenvalue weighted by atomic mass is 19.4. The highest BCUT2D eigenvalue weighted by Crippen LogP contribution is 2.39. The Labute approximate surface area is 172 Å². The average Bonchev–Trinajstić information content (AvgIpc) is 2.71. The number of urea groups is 1. The minimum atomic E-state index is -4.84. The van der Waals surface area contributed by atoms with Crippen LogP contribution in [0.4, 0.5) is 18.0 Å².